The molecule has 0 atom stereocenters. The lowest BCUT2D eigenvalue weighted by Crippen LogP contribution is -2.32. The quantitative estimate of drug-likeness (QED) is 0.663. The van der Waals surface area contributed by atoms with Gasteiger partial charge in [0.15, 0.2) is 0 Å². The summed E-state index contributed by atoms with van der Waals surface area (Å²) in [5.74, 6) is 1.78. The zero-order valence-corrected chi connectivity index (χ0v) is 17.6. The molecule has 0 saturated heterocycles. The number of rotatable bonds is 4. The van der Waals surface area contributed by atoms with Gasteiger partial charge in [0.05, 0.1) is 12.8 Å². The number of aromatic nitrogens is 3. The van der Waals surface area contributed by atoms with Crippen molar-refractivity contribution >= 4 is 0 Å². The Morgan fingerprint density at radius 1 is 1.07 bits per heavy atom. The summed E-state index contributed by atoms with van der Waals surface area (Å²) in [5, 5.41) is 0. The third-order valence-corrected chi connectivity index (χ3v) is 5.28. The van der Waals surface area contributed by atoms with Gasteiger partial charge in [-0.05, 0) is 23.8 Å². The normalized spacial score (nSPS) is 14.5. The molecule has 3 aromatic rings. The van der Waals surface area contributed by atoms with Gasteiger partial charge in [0.2, 0.25) is 0 Å². The smallest absolute Gasteiger partial charge is 0.133 e. The summed E-state index contributed by atoms with van der Waals surface area (Å²) in [6, 6.07) is 12.2. The second kappa shape index (κ2) is 7.91. The van der Waals surface area contributed by atoms with Gasteiger partial charge in [-0.25, -0.2) is 9.97 Å². The Bertz CT molecular complexity index is 993. The summed E-state index contributed by atoms with van der Waals surface area (Å²) in [7, 11) is 1.68. The molecule has 0 N–H and O–H groups in total. The van der Waals surface area contributed by atoms with Gasteiger partial charge in [-0.15, -0.1) is 0 Å². The molecule has 2 aromatic heterocycles. The summed E-state index contributed by atoms with van der Waals surface area (Å²) < 4.78 is 5.31. The molecule has 0 unspecified atom stereocenters. The molecule has 0 amide bonds. The first kappa shape index (κ1) is 19.5. The van der Waals surface area contributed by atoms with Crippen LogP contribution in [-0.2, 0) is 24.9 Å². The molecule has 150 valence electrons. The number of hydrogen-bond acceptors (Lipinski definition) is 5. The number of fused-ring (bicyclic) bond motifs is 1. The first-order chi connectivity index (χ1) is 13.9. The van der Waals surface area contributed by atoms with Gasteiger partial charge in [-0.2, -0.15) is 0 Å². The Kier molecular flexibility index (Phi) is 5.33. The number of pyridine rings is 1. The van der Waals surface area contributed by atoms with Crippen molar-refractivity contribution in [3.63, 3.8) is 0 Å². The van der Waals surface area contributed by atoms with E-state index in [4.69, 9.17) is 9.72 Å². The fourth-order valence-corrected chi connectivity index (χ4v) is 3.60. The van der Waals surface area contributed by atoms with E-state index in [9.17, 15) is 0 Å². The molecule has 1 aromatic carbocycles. The van der Waals surface area contributed by atoms with Crippen LogP contribution in [0.3, 0.4) is 0 Å². The lowest BCUT2D eigenvalue weighted by atomic mass is 9.95. The molecule has 29 heavy (non-hydrogen) atoms. The summed E-state index contributed by atoms with van der Waals surface area (Å²) in [6.45, 7) is 9.25. The first-order valence-electron chi connectivity index (χ1n) is 10.1. The minimum absolute atomic E-state index is 0.0116. The highest BCUT2D eigenvalue weighted by Crippen LogP contribution is 2.25. The van der Waals surface area contributed by atoms with E-state index in [1.807, 2.05) is 30.6 Å². The maximum atomic E-state index is 5.31. The van der Waals surface area contributed by atoms with E-state index < -0.39 is 0 Å². The van der Waals surface area contributed by atoms with Crippen molar-refractivity contribution in [1.82, 2.24) is 19.9 Å². The van der Waals surface area contributed by atoms with Crippen molar-refractivity contribution in [2.75, 3.05) is 13.7 Å². The fourth-order valence-electron chi connectivity index (χ4n) is 3.60. The summed E-state index contributed by atoms with van der Waals surface area (Å²) in [4.78, 5) is 16.5. The standard InChI is InChI=1S/C24H28N4O/c1-24(2,3)23-26-14-19-16-28(11-10-22(19)27-23)15-17-8-9-21(25-13-17)18-6-5-7-20(12-18)29-4/h5-9,12-14H,10-11,15-16H2,1-4H3. The van der Waals surface area contributed by atoms with E-state index in [0.717, 1.165) is 48.9 Å². The number of benzene rings is 1. The Morgan fingerprint density at radius 3 is 2.66 bits per heavy atom. The Labute approximate surface area is 172 Å². The van der Waals surface area contributed by atoms with Crippen LogP contribution in [0.2, 0.25) is 0 Å². The Balaban J connectivity index is 1.44. The SMILES string of the molecule is COc1cccc(-c2ccc(CN3CCc4nc(C(C)(C)C)ncc4C3)cn2)c1. The van der Waals surface area contributed by atoms with Crippen LogP contribution in [0.1, 0.15) is 43.4 Å². The van der Waals surface area contributed by atoms with Crippen molar-refractivity contribution < 1.29 is 4.74 Å². The van der Waals surface area contributed by atoms with E-state index in [-0.39, 0.29) is 5.41 Å². The largest absolute Gasteiger partial charge is 0.497 e. The molecule has 0 aliphatic carbocycles. The van der Waals surface area contributed by atoms with Gasteiger partial charge in [0.25, 0.3) is 0 Å². The molecule has 4 rings (SSSR count). The molecular formula is C24H28N4O. The van der Waals surface area contributed by atoms with Crippen molar-refractivity contribution in [3.8, 4) is 17.0 Å². The van der Waals surface area contributed by atoms with Crippen LogP contribution in [0, 0.1) is 0 Å². The van der Waals surface area contributed by atoms with E-state index in [2.05, 4.69) is 53.8 Å². The Morgan fingerprint density at radius 2 is 1.93 bits per heavy atom. The summed E-state index contributed by atoms with van der Waals surface area (Å²) in [5.41, 5.74) is 5.67. The van der Waals surface area contributed by atoms with Crippen LogP contribution in [0.5, 0.6) is 5.75 Å². The highest BCUT2D eigenvalue weighted by atomic mass is 16.5. The summed E-state index contributed by atoms with van der Waals surface area (Å²) >= 11 is 0. The van der Waals surface area contributed by atoms with E-state index >= 15 is 0 Å². The number of hydrogen-bond donors (Lipinski definition) is 0. The van der Waals surface area contributed by atoms with Crippen LogP contribution in [0.15, 0.2) is 48.8 Å². The van der Waals surface area contributed by atoms with Gasteiger partial charge < -0.3 is 4.74 Å². The van der Waals surface area contributed by atoms with E-state index in [1.54, 1.807) is 7.11 Å². The van der Waals surface area contributed by atoms with Gasteiger partial charge in [-0.1, -0.05) is 39.0 Å². The van der Waals surface area contributed by atoms with Crippen molar-refractivity contribution in [2.24, 2.45) is 0 Å². The minimum atomic E-state index is -0.0116. The monoisotopic (exact) mass is 388 g/mol. The second-order valence-corrected chi connectivity index (χ2v) is 8.66. The van der Waals surface area contributed by atoms with E-state index in [1.165, 1.54) is 16.8 Å². The average Bonchev–Trinajstić information content (AvgIpc) is 2.73. The molecule has 1 aliphatic heterocycles. The average molecular weight is 389 g/mol. The fraction of sp³-hybridized carbons (Fsp3) is 0.375. The highest BCUT2D eigenvalue weighted by molar-refractivity contribution is 5.61. The van der Waals surface area contributed by atoms with Crippen LogP contribution in [-0.4, -0.2) is 33.5 Å². The zero-order chi connectivity index (χ0) is 20.4. The lowest BCUT2D eigenvalue weighted by Gasteiger charge is -2.29. The van der Waals surface area contributed by atoms with Crippen LogP contribution in [0.25, 0.3) is 11.3 Å². The summed E-state index contributed by atoms with van der Waals surface area (Å²) in [6.07, 6.45) is 4.96. The molecular weight excluding hydrogens is 360 g/mol. The van der Waals surface area contributed by atoms with Gasteiger partial charge in [-0.3, -0.25) is 9.88 Å². The maximum absolute atomic E-state index is 5.31. The van der Waals surface area contributed by atoms with Crippen molar-refractivity contribution in [3.05, 3.63) is 71.4 Å². The van der Waals surface area contributed by atoms with Crippen LogP contribution < -0.4 is 4.74 Å². The predicted molar refractivity (Wildman–Crippen MR) is 115 cm³/mol. The molecule has 0 saturated carbocycles. The molecule has 5 heteroatoms. The Hall–Kier alpha value is -2.79. The predicted octanol–water partition coefficient (Wildman–Crippen LogP) is 4.40. The lowest BCUT2D eigenvalue weighted by molar-refractivity contribution is 0.242. The van der Waals surface area contributed by atoms with E-state index in [0.29, 0.717) is 0 Å². The molecule has 1 aliphatic rings. The number of ether oxygens (including phenoxy) is 1. The number of methoxy groups -OCH3 is 1. The van der Waals surface area contributed by atoms with Gasteiger partial charge in [0, 0.05) is 60.7 Å². The van der Waals surface area contributed by atoms with Crippen molar-refractivity contribution in [2.45, 2.75) is 45.7 Å². The minimum Gasteiger partial charge on any atom is -0.497 e. The van der Waals surface area contributed by atoms with Crippen molar-refractivity contribution in [1.29, 1.82) is 0 Å². The molecule has 0 fully saturated rings. The molecule has 0 spiro atoms. The highest BCUT2D eigenvalue weighted by Gasteiger charge is 2.22. The van der Waals surface area contributed by atoms with Gasteiger partial charge in [0.1, 0.15) is 11.6 Å². The molecule has 0 radical (unpaired) electrons. The second-order valence-electron chi connectivity index (χ2n) is 8.66. The van der Waals surface area contributed by atoms with Crippen LogP contribution in [0.4, 0.5) is 0 Å². The molecule has 5 nitrogen and oxygen atoms in total. The number of nitrogens with zero attached hydrogens (tertiary/aromatic N) is 4. The molecule has 0 bridgehead atoms. The third kappa shape index (κ3) is 4.46. The topological polar surface area (TPSA) is 51.1 Å². The first-order valence-corrected chi connectivity index (χ1v) is 10.1. The maximum Gasteiger partial charge on any atom is 0.133 e. The zero-order valence-electron chi connectivity index (χ0n) is 17.6. The van der Waals surface area contributed by atoms with Gasteiger partial charge >= 0.3 is 0 Å². The molecule has 3 heterocycles. The third-order valence-electron chi connectivity index (χ3n) is 5.28. The van der Waals surface area contributed by atoms with Crippen LogP contribution >= 0.6 is 0 Å².